The van der Waals surface area contributed by atoms with E-state index in [4.69, 9.17) is 16.1 Å². The number of likely N-dealkylation sites (tertiary alicyclic amines) is 1. The molecule has 1 N–H and O–H groups in total. The predicted molar refractivity (Wildman–Crippen MR) is 111 cm³/mol. The molecule has 0 saturated carbocycles. The summed E-state index contributed by atoms with van der Waals surface area (Å²) in [7, 11) is 0. The van der Waals surface area contributed by atoms with Crippen LogP contribution in [0.3, 0.4) is 0 Å². The van der Waals surface area contributed by atoms with E-state index in [1.807, 2.05) is 20.8 Å². The summed E-state index contributed by atoms with van der Waals surface area (Å²) in [6.07, 6.45) is 3.38. The molecule has 1 aromatic carbocycles. The van der Waals surface area contributed by atoms with Crippen LogP contribution in [-0.2, 0) is 16.6 Å². The Hall–Kier alpha value is -2.41. The first-order valence-corrected chi connectivity index (χ1v) is 10.3. The van der Waals surface area contributed by atoms with Gasteiger partial charge >= 0.3 is 0 Å². The van der Waals surface area contributed by atoms with E-state index in [1.54, 1.807) is 23.1 Å². The van der Waals surface area contributed by atoms with Gasteiger partial charge in [0, 0.05) is 36.4 Å². The molecule has 7 nitrogen and oxygen atoms in total. The van der Waals surface area contributed by atoms with Crippen molar-refractivity contribution in [3.05, 3.63) is 40.5 Å². The molecule has 1 aliphatic heterocycles. The van der Waals surface area contributed by atoms with Crippen molar-refractivity contribution in [2.75, 3.05) is 18.4 Å². The minimum absolute atomic E-state index is 0.0964. The van der Waals surface area contributed by atoms with E-state index in [9.17, 15) is 9.59 Å². The summed E-state index contributed by atoms with van der Waals surface area (Å²) in [4.78, 5) is 31.4. The average molecular weight is 419 g/mol. The van der Waals surface area contributed by atoms with Gasteiger partial charge in [-0.2, -0.15) is 4.98 Å². The van der Waals surface area contributed by atoms with Crippen LogP contribution < -0.4 is 5.32 Å². The van der Waals surface area contributed by atoms with Crippen LogP contribution in [-0.4, -0.2) is 39.9 Å². The quantitative estimate of drug-likeness (QED) is 0.758. The predicted octanol–water partition coefficient (Wildman–Crippen LogP) is 4.22. The molecular weight excluding hydrogens is 392 g/mol. The number of rotatable bonds is 6. The summed E-state index contributed by atoms with van der Waals surface area (Å²) in [6.45, 7) is 7.52. The lowest BCUT2D eigenvalue weighted by molar-refractivity contribution is -0.116. The van der Waals surface area contributed by atoms with Gasteiger partial charge in [-0.05, 0) is 37.5 Å². The first kappa shape index (κ1) is 21.3. The van der Waals surface area contributed by atoms with Crippen LogP contribution in [0.2, 0.25) is 5.02 Å². The van der Waals surface area contributed by atoms with Crippen LogP contribution >= 0.6 is 11.6 Å². The Morgan fingerprint density at radius 3 is 2.62 bits per heavy atom. The Kier molecular flexibility index (Phi) is 6.57. The minimum Gasteiger partial charge on any atom is -0.339 e. The third kappa shape index (κ3) is 5.56. The number of aromatic nitrogens is 2. The van der Waals surface area contributed by atoms with E-state index >= 15 is 0 Å². The Morgan fingerprint density at radius 2 is 1.97 bits per heavy atom. The number of halogens is 1. The van der Waals surface area contributed by atoms with Crippen LogP contribution in [0, 0.1) is 0 Å². The van der Waals surface area contributed by atoms with Crippen molar-refractivity contribution in [2.24, 2.45) is 0 Å². The number of hydrogen-bond donors (Lipinski definition) is 1. The van der Waals surface area contributed by atoms with Gasteiger partial charge in [-0.15, -0.1) is 0 Å². The third-order valence-corrected chi connectivity index (χ3v) is 5.05. The molecule has 0 aliphatic carbocycles. The molecule has 0 radical (unpaired) electrons. The fourth-order valence-electron chi connectivity index (χ4n) is 3.17. The normalized spacial score (nSPS) is 14.3. The van der Waals surface area contributed by atoms with Crippen molar-refractivity contribution in [2.45, 2.75) is 58.3 Å². The topological polar surface area (TPSA) is 88.3 Å². The zero-order valence-corrected chi connectivity index (χ0v) is 17.9. The maximum atomic E-state index is 12.8. The number of benzene rings is 1. The highest BCUT2D eigenvalue weighted by atomic mass is 35.5. The number of amides is 2. The smallest absolute Gasteiger partial charge is 0.256 e. The highest BCUT2D eigenvalue weighted by molar-refractivity contribution is 6.31. The number of nitrogens with zero attached hydrogens (tertiary/aromatic N) is 3. The van der Waals surface area contributed by atoms with Crippen LogP contribution in [0.4, 0.5) is 5.69 Å². The van der Waals surface area contributed by atoms with E-state index < -0.39 is 0 Å². The van der Waals surface area contributed by atoms with Crippen molar-refractivity contribution in [3.63, 3.8) is 0 Å². The van der Waals surface area contributed by atoms with Gasteiger partial charge in [0.25, 0.3) is 5.91 Å². The van der Waals surface area contributed by atoms with Crippen molar-refractivity contribution in [1.82, 2.24) is 15.0 Å². The lowest BCUT2D eigenvalue weighted by Gasteiger charge is -2.18. The molecule has 0 unspecified atom stereocenters. The molecule has 0 atom stereocenters. The zero-order chi connectivity index (χ0) is 21.0. The maximum Gasteiger partial charge on any atom is 0.256 e. The summed E-state index contributed by atoms with van der Waals surface area (Å²) in [6, 6.07) is 4.96. The summed E-state index contributed by atoms with van der Waals surface area (Å²) in [5.41, 5.74) is 0.745. The Labute approximate surface area is 175 Å². The number of carbonyl (C=O) groups is 2. The summed E-state index contributed by atoms with van der Waals surface area (Å²) < 4.78 is 5.25. The second-order valence-electron chi connectivity index (χ2n) is 8.35. The lowest BCUT2D eigenvalue weighted by atomic mass is 9.96. The number of anilines is 1. The van der Waals surface area contributed by atoms with Crippen LogP contribution in [0.25, 0.3) is 0 Å². The molecule has 0 bridgehead atoms. The molecule has 8 heteroatoms. The van der Waals surface area contributed by atoms with Crippen LogP contribution in [0.15, 0.2) is 22.7 Å². The van der Waals surface area contributed by atoms with Gasteiger partial charge in [-0.3, -0.25) is 9.59 Å². The van der Waals surface area contributed by atoms with E-state index in [2.05, 4.69) is 15.5 Å². The largest absolute Gasteiger partial charge is 0.339 e. The molecule has 2 heterocycles. The van der Waals surface area contributed by atoms with Gasteiger partial charge in [0.1, 0.15) is 0 Å². The van der Waals surface area contributed by atoms with E-state index in [0.717, 1.165) is 25.9 Å². The average Bonchev–Trinajstić information content (AvgIpc) is 3.34. The van der Waals surface area contributed by atoms with Crippen molar-refractivity contribution in [1.29, 1.82) is 0 Å². The fraction of sp³-hybridized carbons (Fsp3) is 0.524. The first-order chi connectivity index (χ1) is 13.7. The molecule has 1 saturated heterocycles. The van der Waals surface area contributed by atoms with Crippen LogP contribution in [0.5, 0.6) is 0 Å². The van der Waals surface area contributed by atoms with E-state index in [0.29, 0.717) is 40.8 Å². The summed E-state index contributed by atoms with van der Waals surface area (Å²) >= 11 is 6.08. The third-order valence-electron chi connectivity index (χ3n) is 4.81. The molecule has 1 aliphatic rings. The molecule has 3 rings (SSSR count). The van der Waals surface area contributed by atoms with E-state index in [1.165, 1.54) is 0 Å². The second-order valence-corrected chi connectivity index (χ2v) is 8.79. The Balaban J connectivity index is 1.57. The Bertz CT molecular complexity index is 882. The van der Waals surface area contributed by atoms with Gasteiger partial charge in [0.05, 0.1) is 11.3 Å². The van der Waals surface area contributed by atoms with Gasteiger partial charge in [-0.1, -0.05) is 37.5 Å². The molecule has 0 spiro atoms. The van der Waals surface area contributed by atoms with Gasteiger partial charge < -0.3 is 14.7 Å². The maximum absolute atomic E-state index is 12.8. The number of nitrogens with one attached hydrogen (secondary N) is 1. The SMILES string of the molecule is CC(C)(C)c1noc(CCCC(=O)Nc2ccc(Cl)cc2C(=O)N2CCCC2)n1. The standard InChI is InChI=1S/C21H27ClN4O3/c1-21(2,3)20-24-18(29-25-20)8-6-7-17(27)23-16-10-9-14(22)13-15(16)19(28)26-11-4-5-12-26/h9-10,13H,4-8,11-12H2,1-3H3,(H,23,27). The van der Waals surface area contributed by atoms with Crippen molar-refractivity contribution < 1.29 is 14.1 Å². The molecule has 156 valence electrons. The summed E-state index contributed by atoms with van der Waals surface area (Å²) in [5.74, 6) is 0.918. The van der Waals surface area contributed by atoms with Gasteiger partial charge in [-0.25, -0.2) is 0 Å². The second kappa shape index (κ2) is 8.95. The Morgan fingerprint density at radius 1 is 1.24 bits per heavy atom. The van der Waals surface area contributed by atoms with E-state index in [-0.39, 0.29) is 23.7 Å². The number of carbonyl (C=O) groups excluding carboxylic acids is 2. The fourth-order valence-corrected chi connectivity index (χ4v) is 3.34. The van der Waals surface area contributed by atoms with Crippen molar-refractivity contribution >= 4 is 29.1 Å². The molecule has 29 heavy (non-hydrogen) atoms. The molecule has 2 amide bonds. The number of hydrogen-bond acceptors (Lipinski definition) is 5. The zero-order valence-electron chi connectivity index (χ0n) is 17.1. The van der Waals surface area contributed by atoms with Crippen molar-refractivity contribution in [3.8, 4) is 0 Å². The van der Waals surface area contributed by atoms with Gasteiger partial charge in [0.2, 0.25) is 11.8 Å². The molecule has 1 fully saturated rings. The first-order valence-electron chi connectivity index (χ1n) is 9.96. The highest BCUT2D eigenvalue weighted by Crippen LogP contribution is 2.24. The molecular formula is C21H27ClN4O3. The monoisotopic (exact) mass is 418 g/mol. The molecule has 2 aromatic rings. The minimum atomic E-state index is -0.175. The lowest BCUT2D eigenvalue weighted by Crippen LogP contribution is -2.28. The highest BCUT2D eigenvalue weighted by Gasteiger charge is 2.23. The molecule has 1 aromatic heterocycles. The summed E-state index contributed by atoms with van der Waals surface area (Å²) in [5, 5.41) is 7.30. The van der Waals surface area contributed by atoms with Gasteiger partial charge in [0.15, 0.2) is 5.82 Å². The number of aryl methyl sites for hydroxylation is 1. The van der Waals surface area contributed by atoms with Crippen LogP contribution in [0.1, 0.15) is 68.5 Å².